The summed E-state index contributed by atoms with van der Waals surface area (Å²) in [6.07, 6.45) is 0. The van der Waals surface area contributed by atoms with Crippen molar-refractivity contribution in [2.24, 2.45) is 7.05 Å². The third-order valence-electron chi connectivity index (χ3n) is 3.18. The molecule has 21 heavy (non-hydrogen) atoms. The Labute approximate surface area is 123 Å². The molecule has 6 heteroatoms. The summed E-state index contributed by atoms with van der Waals surface area (Å²) in [5, 5.41) is 25.5. The van der Waals surface area contributed by atoms with Crippen LogP contribution in [-0.2, 0) is 7.05 Å². The normalized spacial score (nSPS) is 10.2. The van der Waals surface area contributed by atoms with E-state index in [1.807, 2.05) is 26.0 Å². The largest absolute Gasteiger partial charge is 0.394 e. The molecule has 2 aromatic rings. The Bertz CT molecular complexity index is 758. The van der Waals surface area contributed by atoms with Crippen LogP contribution in [-0.4, -0.2) is 9.78 Å². The van der Waals surface area contributed by atoms with E-state index in [0.29, 0.717) is 28.3 Å². The monoisotopic (exact) mass is 280 g/mol. The van der Waals surface area contributed by atoms with E-state index in [-0.39, 0.29) is 5.92 Å². The van der Waals surface area contributed by atoms with Crippen LogP contribution in [0.3, 0.4) is 0 Å². The predicted molar refractivity (Wildman–Crippen MR) is 80.9 cm³/mol. The Kier molecular flexibility index (Phi) is 3.82. The van der Waals surface area contributed by atoms with Gasteiger partial charge in [-0.3, -0.25) is 4.68 Å². The maximum Gasteiger partial charge on any atom is 0.152 e. The zero-order valence-electron chi connectivity index (χ0n) is 12.2. The molecule has 0 aliphatic rings. The molecular weight excluding hydrogens is 264 g/mol. The van der Waals surface area contributed by atoms with Crippen LogP contribution in [0, 0.1) is 22.7 Å². The van der Waals surface area contributed by atoms with Crippen molar-refractivity contribution < 1.29 is 0 Å². The maximum absolute atomic E-state index is 9.06. The van der Waals surface area contributed by atoms with Crippen LogP contribution >= 0.6 is 0 Å². The van der Waals surface area contributed by atoms with Crippen molar-refractivity contribution in [2.45, 2.75) is 19.8 Å². The number of hydrogen-bond donors (Lipinski definition) is 2. The van der Waals surface area contributed by atoms with Gasteiger partial charge in [-0.25, -0.2) is 0 Å². The Hall–Kier alpha value is -2.99. The van der Waals surface area contributed by atoms with Gasteiger partial charge in [-0.1, -0.05) is 13.8 Å². The topological polar surface area (TPSA) is 103 Å². The molecule has 106 valence electrons. The van der Waals surface area contributed by atoms with Gasteiger partial charge < -0.3 is 11.1 Å². The van der Waals surface area contributed by atoms with Crippen LogP contribution in [0.25, 0.3) is 0 Å². The molecule has 0 bridgehead atoms. The zero-order valence-corrected chi connectivity index (χ0v) is 12.2. The highest BCUT2D eigenvalue weighted by Gasteiger charge is 2.16. The van der Waals surface area contributed by atoms with E-state index in [0.717, 1.165) is 5.69 Å². The molecule has 1 aromatic carbocycles. The standard InChI is InChI=1S/C15H16N6/c1-9(2)14-13(18)15(21(3)20-14)19-12-5-4-10(7-16)11(6-12)8-17/h4-6,9,19H,18H2,1-3H3. The number of hydrogen-bond acceptors (Lipinski definition) is 5. The summed E-state index contributed by atoms with van der Waals surface area (Å²) in [4.78, 5) is 0. The lowest BCUT2D eigenvalue weighted by molar-refractivity contribution is 0.718. The molecule has 0 radical (unpaired) electrons. The fraction of sp³-hybridized carbons (Fsp3) is 0.267. The second-order valence-electron chi connectivity index (χ2n) is 5.03. The molecule has 0 spiro atoms. The Morgan fingerprint density at radius 3 is 2.43 bits per heavy atom. The molecule has 1 heterocycles. The van der Waals surface area contributed by atoms with Crippen molar-refractivity contribution in [2.75, 3.05) is 11.1 Å². The minimum atomic E-state index is 0.224. The van der Waals surface area contributed by atoms with Gasteiger partial charge in [0.1, 0.15) is 12.1 Å². The zero-order chi connectivity index (χ0) is 15.6. The summed E-state index contributed by atoms with van der Waals surface area (Å²) in [5.41, 5.74) is 8.90. The molecule has 3 N–H and O–H groups in total. The molecule has 0 saturated heterocycles. The second kappa shape index (κ2) is 5.56. The van der Waals surface area contributed by atoms with E-state index in [9.17, 15) is 0 Å². The molecule has 0 aliphatic heterocycles. The summed E-state index contributed by atoms with van der Waals surface area (Å²) in [5.74, 6) is 0.898. The van der Waals surface area contributed by atoms with Gasteiger partial charge in [0, 0.05) is 12.7 Å². The van der Waals surface area contributed by atoms with Gasteiger partial charge in [-0.2, -0.15) is 15.6 Å². The fourth-order valence-electron chi connectivity index (χ4n) is 2.08. The predicted octanol–water partition coefficient (Wildman–Crippen LogP) is 2.61. The van der Waals surface area contributed by atoms with Gasteiger partial charge in [0.2, 0.25) is 0 Å². The first-order chi connectivity index (χ1) is 9.97. The minimum absolute atomic E-state index is 0.224. The molecule has 6 nitrogen and oxygen atoms in total. The quantitative estimate of drug-likeness (QED) is 0.899. The molecule has 1 aromatic heterocycles. The van der Waals surface area contributed by atoms with Crippen molar-refractivity contribution in [1.82, 2.24) is 9.78 Å². The van der Waals surface area contributed by atoms with Gasteiger partial charge in [0.25, 0.3) is 0 Å². The van der Waals surface area contributed by atoms with Crippen molar-refractivity contribution >= 4 is 17.2 Å². The van der Waals surface area contributed by atoms with Crippen LogP contribution in [0.5, 0.6) is 0 Å². The molecule has 0 saturated carbocycles. The maximum atomic E-state index is 9.06. The highest BCUT2D eigenvalue weighted by atomic mass is 15.3. The van der Waals surface area contributed by atoms with Crippen LogP contribution in [0.4, 0.5) is 17.2 Å². The van der Waals surface area contributed by atoms with Crippen molar-refractivity contribution in [3.8, 4) is 12.1 Å². The summed E-state index contributed by atoms with van der Waals surface area (Å²) >= 11 is 0. The van der Waals surface area contributed by atoms with Gasteiger partial charge in [-0.15, -0.1) is 0 Å². The van der Waals surface area contributed by atoms with Gasteiger partial charge in [0.05, 0.1) is 22.5 Å². The molecule has 0 atom stereocenters. The lowest BCUT2D eigenvalue weighted by atomic mass is 10.1. The van der Waals surface area contributed by atoms with E-state index >= 15 is 0 Å². The Morgan fingerprint density at radius 1 is 1.24 bits per heavy atom. The second-order valence-corrected chi connectivity index (χ2v) is 5.03. The SMILES string of the molecule is CC(C)c1nn(C)c(Nc2ccc(C#N)c(C#N)c2)c1N. The van der Waals surface area contributed by atoms with Gasteiger partial charge >= 0.3 is 0 Å². The van der Waals surface area contributed by atoms with Crippen molar-refractivity contribution in [1.29, 1.82) is 10.5 Å². The number of nitrogens with two attached hydrogens (primary N) is 1. The highest BCUT2D eigenvalue weighted by molar-refractivity contribution is 5.72. The van der Waals surface area contributed by atoms with E-state index in [1.54, 1.807) is 29.9 Å². The fourth-order valence-corrected chi connectivity index (χ4v) is 2.08. The van der Waals surface area contributed by atoms with E-state index in [2.05, 4.69) is 10.4 Å². The number of nitriles is 2. The first-order valence-electron chi connectivity index (χ1n) is 6.51. The smallest absolute Gasteiger partial charge is 0.152 e. The number of rotatable bonds is 3. The third-order valence-corrected chi connectivity index (χ3v) is 3.18. The number of nitrogens with zero attached hydrogens (tertiary/aromatic N) is 4. The Balaban J connectivity index is 2.40. The first-order valence-corrected chi connectivity index (χ1v) is 6.51. The van der Waals surface area contributed by atoms with Crippen molar-refractivity contribution in [3.05, 3.63) is 35.0 Å². The lowest BCUT2D eigenvalue weighted by Crippen LogP contribution is -2.01. The highest BCUT2D eigenvalue weighted by Crippen LogP contribution is 2.30. The lowest BCUT2D eigenvalue weighted by Gasteiger charge is -2.08. The van der Waals surface area contributed by atoms with E-state index < -0.39 is 0 Å². The van der Waals surface area contributed by atoms with Crippen LogP contribution in [0.15, 0.2) is 18.2 Å². The summed E-state index contributed by atoms with van der Waals surface area (Å²) in [7, 11) is 1.80. The number of anilines is 3. The molecule has 0 amide bonds. The van der Waals surface area contributed by atoms with Crippen LogP contribution in [0.2, 0.25) is 0 Å². The van der Waals surface area contributed by atoms with Crippen LogP contribution in [0.1, 0.15) is 36.6 Å². The summed E-state index contributed by atoms with van der Waals surface area (Å²) in [6.45, 7) is 4.05. The van der Waals surface area contributed by atoms with E-state index in [1.165, 1.54) is 0 Å². The number of nitrogens with one attached hydrogen (secondary N) is 1. The molecule has 0 fully saturated rings. The Morgan fingerprint density at radius 2 is 1.90 bits per heavy atom. The van der Waals surface area contributed by atoms with Gasteiger partial charge in [0.15, 0.2) is 5.82 Å². The summed E-state index contributed by atoms with van der Waals surface area (Å²) in [6, 6.07) is 8.97. The number of nitrogen functional groups attached to an aromatic ring is 1. The molecule has 0 unspecified atom stereocenters. The van der Waals surface area contributed by atoms with Gasteiger partial charge in [-0.05, 0) is 24.1 Å². The van der Waals surface area contributed by atoms with E-state index in [4.69, 9.17) is 16.3 Å². The van der Waals surface area contributed by atoms with Crippen LogP contribution < -0.4 is 11.1 Å². The third kappa shape index (κ3) is 2.65. The number of benzene rings is 1. The average molecular weight is 280 g/mol. The minimum Gasteiger partial charge on any atom is -0.394 e. The molecular formula is C15H16N6. The number of aromatic nitrogens is 2. The molecule has 2 rings (SSSR count). The number of aryl methyl sites for hydroxylation is 1. The molecule has 0 aliphatic carbocycles. The average Bonchev–Trinajstić information content (AvgIpc) is 2.75. The summed E-state index contributed by atoms with van der Waals surface area (Å²) < 4.78 is 1.68. The first kappa shape index (κ1) is 14.4. The van der Waals surface area contributed by atoms with Crippen molar-refractivity contribution in [3.63, 3.8) is 0 Å².